The van der Waals surface area contributed by atoms with Crippen LogP contribution in [0.2, 0.25) is 0 Å². The Morgan fingerprint density at radius 2 is 2.00 bits per heavy atom. The van der Waals surface area contributed by atoms with Gasteiger partial charge < -0.3 is 16.0 Å². The maximum absolute atomic E-state index is 10.9. The summed E-state index contributed by atoms with van der Waals surface area (Å²) in [6.07, 6.45) is 0. The SMILES string of the molecule is CNCC(NC)C(=O)NC. The third-order valence-corrected chi connectivity index (χ3v) is 1.32. The Kier molecular flexibility index (Phi) is 4.88. The molecule has 0 saturated heterocycles. The Morgan fingerprint density at radius 1 is 1.40 bits per heavy atom. The second-order valence-electron chi connectivity index (χ2n) is 2.01. The molecule has 0 aliphatic rings. The molecule has 0 aromatic carbocycles. The van der Waals surface area contributed by atoms with Crippen molar-refractivity contribution in [2.75, 3.05) is 27.7 Å². The first-order chi connectivity index (χ1) is 4.76. The topological polar surface area (TPSA) is 53.2 Å². The lowest BCUT2D eigenvalue weighted by Gasteiger charge is -2.12. The van der Waals surface area contributed by atoms with Gasteiger partial charge in [0, 0.05) is 13.6 Å². The molecule has 0 fully saturated rings. The molecule has 0 saturated carbocycles. The van der Waals surface area contributed by atoms with Crippen LogP contribution in [0.4, 0.5) is 0 Å². The fourth-order valence-electron chi connectivity index (χ4n) is 0.704. The van der Waals surface area contributed by atoms with Gasteiger partial charge in [0.05, 0.1) is 6.04 Å². The molecule has 0 rings (SSSR count). The molecule has 4 heteroatoms. The minimum atomic E-state index is -0.130. The van der Waals surface area contributed by atoms with E-state index in [0.29, 0.717) is 6.54 Å². The number of likely N-dealkylation sites (N-methyl/N-ethyl adjacent to an activating group) is 3. The van der Waals surface area contributed by atoms with E-state index < -0.39 is 0 Å². The first-order valence-electron chi connectivity index (χ1n) is 3.29. The maximum atomic E-state index is 10.9. The molecular weight excluding hydrogens is 130 g/mol. The van der Waals surface area contributed by atoms with Crippen molar-refractivity contribution < 1.29 is 4.79 Å². The zero-order chi connectivity index (χ0) is 7.98. The smallest absolute Gasteiger partial charge is 0.238 e. The number of hydrogen-bond donors (Lipinski definition) is 3. The molecule has 1 atom stereocenters. The molecule has 0 aliphatic carbocycles. The minimum Gasteiger partial charge on any atom is -0.358 e. The average Bonchev–Trinajstić information content (AvgIpc) is 1.99. The molecule has 3 N–H and O–H groups in total. The van der Waals surface area contributed by atoms with Gasteiger partial charge in [-0.05, 0) is 14.1 Å². The van der Waals surface area contributed by atoms with Gasteiger partial charge in [-0.3, -0.25) is 4.79 Å². The van der Waals surface area contributed by atoms with Crippen LogP contribution in [0.15, 0.2) is 0 Å². The van der Waals surface area contributed by atoms with Gasteiger partial charge in [0.15, 0.2) is 0 Å². The van der Waals surface area contributed by atoms with Crippen LogP contribution in [0.1, 0.15) is 0 Å². The number of amides is 1. The van der Waals surface area contributed by atoms with Gasteiger partial charge in [0.1, 0.15) is 0 Å². The molecule has 60 valence electrons. The fourth-order valence-corrected chi connectivity index (χ4v) is 0.704. The number of hydrogen-bond acceptors (Lipinski definition) is 3. The van der Waals surface area contributed by atoms with E-state index in [1.54, 1.807) is 14.1 Å². The van der Waals surface area contributed by atoms with Gasteiger partial charge in [-0.15, -0.1) is 0 Å². The molecular formula is C6H15N3O. The summed E-state index contributed by atoms with van der Waals surface area (Å²) in [5.41, 5.74) is 0. The molecule has 4 nitrogen and oxygen atoms in total. The summed E-state index contributed by atoms with van der Waals surface area (Å²) in [5, 5.41) is 8.35. The van der Waals surface area contributed by atoms with E-state index in [2.05, 4.69) is 16.0 Å². The van der Waals surface area contributed by atoms with E-state index in [0.717, 1.165) is 0 Å². The van der Waals surface area contributed by atoms with Gasteiger partial charge in [-0.1, -0.05) is 0 Å². The molecule has 1 amide bonds. The van der Waals surface area contributed by atoms with Crippen molar-refractivity contribution in [1.82, 2.24) is 16.0 Å². The maximum Gasteiger partial charge on any atom is 0.238 e. The second-order valence-corrected chi connectivity index (χ2v) is 2.01. The summed E-state index contributed by atoms with van der Waals surface area (Å²) in [6, 6.07) is -0.130. The predicted molar refractivity (Wildman–Crippen MR) is 40.8 cm³/mol. The van der Waals surface area contributed by atoms with E-state index in [1.165, 1.54) is 0 Å². The number of carbonyl (C=O) groups is 1. The lowest BCUT2D eigenvalue weighted by atomic mass is 10.3. The number of nitrogens with one attached hydrogen (secondary N) is 3. The summed E-state index contributed by atoms with van der Waals surface area (Å²) < 4.78 is 0. The quantitative estimate of drug-likeness (QED) is 0.453. The van der Waals surface area contributed by atoms with E-state index in [-0.39, 0.29) is 11.9 Å². The Morgan fingerprint density at radius 3 is 2.30 bits per heavy atom. The highest BCUT2D eigenvalue weighted by molar-refractivity contribution is 5.81. The van der Waals surface area contributed by atoms with Gasteiger partial charge in [0.25, 0.3) is 0 Å². The Bertz CT molecular complexity index is 105. The Hall–Kier alpha value is -0.610. The highest BCUT2D eigenvalue weighted by Crippen LogP contribution is 1.77. The zero-order valence-corrected chi connectivity index (χ0v) is 6.69. The van der Waals surface area contributed by atoms with Gasteiger partial charge >= 0.3 is 0 Å². The molecule has 0 spiro atoms. The van der Waals surface area contributed by atoms with Crippen LogP contribution in [0.25, 0.3) is 0 Å². The molecule has 0 aromatic rings. The van der Waals surface area contributed by atoms with Gasteiger partial charge in [-0.2, -0.15) is 0 Å². The summed E-state index contributed by atoms with van der Waals surface area (Å²) in [5.74, 6) is 0.0110. The van der Waals surface area contributed by atoms with E-state index in [4.69, 9.17) is 0 Å². The summed E-state index contributed by atoms with van der Waals surface area (Å²) in [7, 11) is 5.20. The van der Waals surface area contributed by atoms with Crippen LogP contribution in [-0.2, 0) is 4.79 Å². The van der Waals surface area contributed by atoms with Crippen LogP contribution >= 0.6 is 0 Å². The van der Waals surface area contributed by atoms with Crippen LogP contribution in [0.5, 0.6) is 0 Å². The van der Waals surface area contributed by atoms with Crippen LogP contribution in [-0.4, -0.2) is 39.6 Å². The summed E-state index contributed by atoms with van der Waals surface area (Å²) in [4.78, 5) is 10.9. The summed E-state index contributed by atoms with van der Waals surface area (Å²) >= 11 is 0. The van der Waals surface area contributed by atoms with Crippen LogP contribution < -0.4 is 16.0 Å². The molecule has 1 unspecified atom stereocenters. The first kappa shape index (κ1) is 9.39. The molecule has 0 aromatic heterocycles. The molecule has 0 heterocycles. The fraction of sp³-hybridized carbons (Fsp3) is 0.833. The van der Waals surface area contributed by atoms with Crippen molar-refractivity contribution in [1.29, 1.82) is 0 Å². The van der Waals surface area contributed by atoms with Crippen molar-refractivity contribution in [3.8, 4) is 0 Å². The lowest BCUT2D eigenvalue weighted by Crippen LogP contribution is -2.46. The predicted octanol–water partition coefficient (Wildman–Crippen LogP) is -1.46. The van der Waals surface area contributed by atoms with Crippen molar-refractivity contribution in [2.45, 2.75) is 6.04 Å². The molecule has 10 heavy (non-hydrogen) atoms. The average molecular weight is 145 g/mol. The third-order valence-electron chi connectivity index (χ3n) is 1.32. The van der Waals surface area contributed by atoms with Crippen molar-refractivity contribution in [2.24, 2.45) is 0 Å². The highest BCUT2D eigenvalue weighted by Gasteiger charge is 2.11. The minimum absolute atomic E-state index is 0.0110. The second kappa shape index (κ2) is 5.20. The largest absolute Gasteiger partial charge is 0.358 e. The third kappa shape index (κ3) is 2.80. The number of rotatable bonds is 4. The van der Waals surface area contributed by atoms with E-state index in [9.17, 15) is 4.79 Å². The van der Waals surface area contributed by atoms with Crippen molar-refractivity contribution in [3.63, 3.8) is 0 Å². The van der Waals surface area contributed by atoms with E-state index >= 15 is 0 Å². The van der Waals surface area contributed by atoms with Crippen molar-refractivity contribution in [3.05, 3.63) is 0 Å². The summed E-state index contributed by atoms with van der Waals surface area (Å²) in [6.45, 7) is 0.649. The standard InChI is InChI=1S/C6H15N3O/c1-7-4-5(8-2)6(10)9-3/h5,7-8H,4H2,1-3H3,(H,9,10). The molecule has 0 bridgehead atoms. The molecule has 0 radical (unpaired) electrons. The first-order valence-corrected chi connectivity index (χ1v) is 3.29. The number of carbonyl (C=O) groups excluding carboxylic acids is 1. The van der Waals surface area contributed by atoms with Crippen LogP contribution in [0, 0.1) is 0 Å². The van der Waals surface area contributed by atoms with Crippen molar-refractivity contribution >= 4 is 5.91 Å². The van der Waals surface area contributed by atoms with Crippen LogP contribution in [0.3, 0.4) is 0 Å². The zero-order valence-electron chi connectivity index (χ0n) is 6.69. The lowest BCUT2D eigenvalue weighted by molar-refractivity contribution is -0.122. The van der Waals surface area contributed by atoms with Gasteiger partial charge in [0.2, 0.25) is 5.91 Å². The van der Waals surface area contributed by atoms with E-state index in [1.807, 2.05) is 7.05 Å². The highest BCUT2D eigenvalue weighted by atomic mass is 16.2. The monoisotopic (exact) mass is 145 g/mol. The Balaban J connectivity index is 3.68. The Labute approximate surface area is 61.4 Å². The molecule has 0 aliphatic heterocycles. The van der Waals surface area contributed by atoms with Gasteiger partial charge in [-0.25, -0.2) is 0 Å². The normalized spacial score (nSPS) is 12.7.